The number of hydrogen-bond donors (Lipinski definition) is 4. The van der Waals surface area contributed by atoms with Gasteiger partial charge in [0.15, 0.2) is 0 Å². The number of halogens is 1. The van der Waals surface area contributed by atoms with Gasteiger partial charge < -0.3 is 20.4 Å². The Bertz CT molecular complexity index is 1250. The Morgan fingerprint density at radius 3 is 1.08 bits per heavy atom. The summed E-state index contributed by atoms with van der Waals surface area (Å²) >= 11 is 3.29. The molecule has 0 radical (unpaired) electrons. The Hall–Kier alpha value is -3.68. The Labute approximate surface area is 244 Å². The Balaban J connectivity index is 0.000000592. The topological polar surface area (TPSA) is 80.9 Å². The molecule has 4 N–H and O–H groups in total. The van der Waals surface area contributed by atoms with Crippen molar-refractivity contribution in [2.24, 2.45) is 0 Å². The quantitative estimate of drug-likeness (QED) is 0.206. The van der Waals surface area contributed by atoms with Gasteiger partial charge in [0.1, 0.15) is 0 Å². The number of benzene rings is 4. The molecule has 0 aliphatic rings. The van der Waals surface area contributed by atoms with E-state index in [1.54, 1.807) is 0 Å². The van der Waals surface area contributed by atoms with Crippen LogP contribution in [0, 0.1) is 24.2 Å². The second kappa shape index (κ2) is 20.3. The minimum Gasteiger partial charge on any atom is -0.392 e. The third-order valence-corrected chi connectivity index (χ3v) is 5.55. The van der Waals surface area contributed by atoms with E-state index in [0.717, 1.165) is 43.4 Å². The van der Waals surface area contributed by atoms with E-state index in [2.05, 4.69) is 33.7 Å². The first-order valence-corrected chi connectivity index (χ1v) is 12.2. The highest BCUT2D eigenvalue weighted by Gasteiger charge is 1.92. The highest BCUT2D eigenvalue weighted by Crippen LogP contribution is 2.10. The van der Waals surface area contributed by atoms with Crippen molar-refractivity contribution < 1.29 is 23.2 Å². The molecule has 0 amide bonds. The van der Waals surface area contributed by atoms with Gasteiger partial charge in [-0.1, -0.05) is 97.0 Å². The largest absolute Gasteiger partial charge is 0.392 e. The van der Waals surface area contributed by atoms with Gasteiger partial charge in [0.05, 0.1) is 26.4 Å². The van der Waals surface area contributed by atoms with E-state index in [0.29, 0.717) is 0 Å². The molecule has 0 unspecified atom stereocenters. The summed E-state index contributed by atoms with van der Waals surface area (Å²) in [6.45, 7) is 0.296. The maximum atomic E-state index is 8.93. The van der Waals surface area contributed by atoms with E-state index < -0.39 is 0 Å². The first kappa shape index (κ1) is 31.5. The lowest BCUT2D eigenvalue weighted by molar-refractivity contribution is 0.281. The molecule has 0 aliphatic carbocycles. The van der Waals surface area contributed by atoms with Crippen LogP contribution in [0.15, 0.2) is 102 Å². The second-order valence-electron chi connectivity index (χ2n) is 7.74. The fourth-order valence-electron chi connectivity index (χ4n) is 2.83. The molecule has 5 heteroatoms. The van der Waals surface area contributed by atoms with Gasteiger partial charge in [-0.25, -0.2) is 0 Å². The Kier molecular flexibility index (Phi) is 16.4. The van der Waals surface area contributed by atoms with Gasteiger partial charge in [0, 0.05) is 23.9 Å². The molecule has 4 nitrogen and oxygen atoms in total. The van der Waals surface area contributed by atoms with Crippen molar-refractivity contribution in [3.05, 3.63) is 140 Å². The fraction of sp³-hybridized carbons (Fsp3) is 0.176. The summed E-state index contributed by atoms with van der Waals surface area (Å²) in [5, 5.41) is 35.1. The molecule has 39 heavy (non-hydrogen) atoms. The van der Waals surface area contributed by atoms with Gasteiger partial charge in [-0.2, -0.15) is 0 Å². The van der Waals surface area contributed by atoms with Crippen LogP contribution < -0.4 is 0 Å². The van der Waals surface area contributed by atoms with Gasteiger partial charge in [0.2, 0.25) is 0 Å². The third kappa shape index (κ3) is 13.6. The summed E-state index contributed by atoms with van der Waals surface area (Å²) in [7, 11) is 2.50. The Morgan fingerprint density at radius 1 is 0.564 bits per heavy atom. The monoisotopic (exact) mass is 591 g/mol. The smallest absolute Gasteiger partial charge is 0.0681 e. The summed E-state index contributed by atoms with van der Waals surface area (Å²) in [5.74, 6) is 8.61. The third-order valence-electron chi connectivity index (χ3n) is 5.02. The lowest BCUT2D eigenvalue weighted by Gasteiger charge is -1.96. The molecule has 0 saturated heterocycles. The predicted octanol–water partition coefficient (Wildman–Crippen LogP) is 6.44. The molecule has 0 saturated carbocycles. The lowest BCUT2D eigenvalue weighted by atomic mass is 10.1. The van der Waals surface area contributed by atoms with E-state index in [-0.39, 0.29) is 26.4 Å². The van der Waals surface area contributed by atoms with Crippen molar-refractivity contribution in [2.75, 3.05) is 0 Å². The predicted molar refractivity (Wildman–Crippen MR) is 165 cm³/mol. The van der Waals surface area contributed by atoms with Gasteiger partial charge in [-0.3, -0.25) is 0 Å². The van der Waals surface area contributed by atoms with Crippen molar-refractivity contribution in [1.29, 1.82) is 0 Å². The molecule has 0 aliphatic heterocycles. The molecule has 4 aromatic carbocycles. The molecule has 0 bridgehead atoms. The van der Waals surface area contributed by atoms with Gasteiger partial charge >= 0.3 is 0 Å². The van der Waals surface area contributed by atoms with E-state index in [1.807, 2.05) is 97.1 Å². The molecule has 204 valence electrons. The molecule has 0 aromatic heterocycles. The van der Waals surface area contributed by atoms with Crippen molar-refractivity contribution in [3.63, 3.8) is 0 Å². The van der Waals surface area contributed by atoms with Crippen LogP contribution >= 0.6 is 15.9 Å². The van der Waals surface area contributed by atoms with Crippen LogP contribution in [0.3, 0.4) is 0 Å². The van der Waals surface area contributed by atoms with Crippen LogP contribution in [-0.2, 0) is 26.4 Å². The molecule has 0 atom stereocenters. The maximum Gasteiger partial charge on any atom is 0.0681 e. The first-order valence-electron chi connectivity index (χ1n) is 13.4. The normalized spacial score (nSPS) is 9.28. The van der Waals surface area contributed by atoms with E-state index >= 15 is 0 Å². The molecule has 0 spiro atoms. The molecular weight excluding hydrogens is 552 g/mol. The van der Waals surface area contributed by atoms with Crippen molar-refractivity contribution >= 4 is 15.9 Å². The van der Waals surface area contributed by atoms with Crippen molar-refractivity contribution in [1.82, 2.24) is 0 Å². The van der Waals surface area contributed by atoms with Crippen molar-refractivity contribution in [3.8, 4) is 24.2 Å². The molecule has 4 rings (SSSR count). The van der Waals surface area contributed by atoms with Gasteiger partial charge in [-0.15, -0.1) is 6.42 Å². The molecule has 4 aromatic rings. The van der Waals surface area contributed by atoms with Crippen LogP contribution in [0.25, 0.3) is 0 Å². The average molecular weight is 593 g/mol. The minimum atomic E-state index is 0.0519. The highest BCUT2D eigenvalue weighted by atomic mass is 79.9. The van der Waals surface area contributed by atoms with Gasteiger partial charge in [0.25, 0.3) is 0 Å². The van der Waals surface area contributed by atoms with Gasteiger partial charge in [-0.05, 0) is 70.8 Å². The second-order valence-corrected chi connectivity index (χ2v) is 8.66. The lowest BCUT2D eigenvalue weighted by Crippen LogP contribution is -1.83. The zero-order valence-corrected chi connectivity index (χ0v) is 23.9. The highest BCUT2D eigenvalue weighted by molar-refractivity contribution is 9.10. The van der Waals surface area contributed by atoms with Crippen LogP contribution in [-0.4, -0.2) is 20.4 Å². The maximum absolute atomic E-state index is 8.93. The summed E-state index contributed by atoms with van der Waals surface area (Å²) in [6.07, 6.45) is 5.13. The SMILES string of the molecule is C#Cc1ccc(CO)cc1.OCc1ccc(Br)cc1.OCc1ccc(C#Cc2ccc(CO)cc2)cc1.[2H]C.[3H]C. The first-order chi connectivity index (χ1) is 20.0. The number of rotatable bonds is 4. The van der Waals surface area contributed by atoms with Crippen molar-refractivity contribution in [2.45, 2.75) is 41.2 Å². The summed E-state index contributed by atoms with van der Waals surface area (Å²) in [4.78, 5) is 0. The summed E-state index contributed by atoms with van der Waals surface area (Å²) in [5.41, 5.74) is 6.27. The average Bonchev–Trinajstić information content (AvgIpc) is 3.07. The minimum absolute atomic E-state index is 0.0519. The van der Waals surface area contributed by atoms with Crippen LogP contribution in [0.4, 0.5) is 0 Å². The standard InChI is InChI=1S/C16H14O2.C9H8O.C7H7BrO.2CH4/c17-11-15-7-3-13(4-8-15)1-2-14-5-9-16(12-18)10-6-14;1-2-8-3-5-9(7-10)6-4-8;8-7-3-1-6(5-9)2-4-7;;/h3-10,17-18H,11-12H2;1,3-6,10H,7H2;1-4,9H,5H2;2*1H4/i;;;1T;1D. The van der Waals surface area contributed by atoms with E-state index in [9.17, 15) is 0 Å². The van der Waals surface area contributed by atoms with E-state index in [4.69, 9.17) is 29.6 Å². The molecule has 0 heterocycles. The zero-order chi connectivity index (χ0) is 30.9. The summed E-state index contributed by atoms with van der Waals surface area (Å²) < 4.78 is 12.5. The Morgan fingerprint density at radius 2 is 0.821 bits per heavy atom. The number of hydrogen-bond acceptors (Lipinski definition) is 4. The van der Waals surface area contributed by atoms with Crippen LogP contribution in [0.2, 0.25) is 0 Å². The van der Waals surface area contributed by atoms with Crippen LogP contribution in [0.5, 0.6) is 0 Å². The van der Waals surface area contributed by atoms with Crippen LogP contribution in [0.1, 0.15) is 56.5 Å². The number of aliphatic hydroxyl groups excluding tert-OH is 4. The summed E-state index contributed by atoms with van der Waals surface area (Å²) in [6, 6.07) is 29.8. The number of aliphatic hydroxyl groups is 4. The molecule has 0 fully saturated rings. The molecular formula is C34H37BrO4. The number of terminal acetylenes is 1. The zero-order valence-electron chi connectivity index (χ0n) is 24.3. The fourth-order valence-corrected chi connectivity index (χ4v) is 3.09. The van der Waals surface area contributed by atoms with E-state index in [1.165, 1.54) is 14.8 Å².